The molecule has 0 aliphatic carbocycles. The first-order chi connectivity index (χ1) is 9.75. The summed E-state index contributed by atoms with van der Waals surface area (Å²) >= 11 is 1.80. The molecule has 0 radical (unpaired) electrons. The van der Waals surface area contributed by atoms with Gasteiger partial charge in [-0.3, -0.25) is 10.1 Å². The normalized spacial score (nSPS) is 21.0. The molecular weight excluding hydrogens is 341 g/mol. The second-order valence-corrected chi connectivity index (χ2v) is 6.40. The van der Waals surface area contributed by atoms with Crippen molar-refractivity contribution in [1.82, 2.24) is 10.2 Å². The molecular formula is C15H23Cl2N3OS. The van der Waals surface area contributed by atoms with Crippen LogP contribution in [0.4, 0.5) is 5.69 Å². The summed E-state index contributed by atoms with van der Waals surface area (Å²) in [4.78, 5) is 16.7. The molecule has 3 rings (SSSR count). The average molecular weight is 364 g/mol. The molecule has 2 aliphatic rings. The molecule has 0 bridgehead atoms. The second-order valence-electron chi connectivity index (χ2n) is 5.37. The van der Waals surface area contributed by atoms with Gasteiger partial charge in [0.15, 0.2) is 0 Å². The molecule has 7 heteroatoms. The van der Waals surface area contributed by atoms with Crippen LogP contribution in [-0.2, 0) is 4.79 Å². The lowest BCUT2D eigenvalue weighted by atomic mass is 10.1. The van der Waals surface area contributed by atoms with E-state index in [2.05, 4.69) is 41.4 Å². The molecule has 0 spiro atoms. The van der Waals surface area contributed by atoms with E-state index in [-0.39, 0.29) is 36.8 Å². The number of piperazine rings is 1. The van der Waals surface area contributed by atoms with E-state index in [0.29, 0.717) is 0 Å². The second kappa shape index (κ2) is 8.87. The van der Waals surface area contributed by atoms with Gasteiger partial charge in [0.1, 0.15) is 0 Å². The number of hydrogen-bond donors (Lipinski definition) is 1. The number of nitrogens with one attached hydrogen (secondary N) is 1. The highest BCUT2D eigenvalue weighted by Gasteiger charge is 2.29. The van der Waals surface area contributed by atoms with Crippen molar-refractivity contribution in [1.29, 1.82) is 0 Å². The molecule has 22 heavy (non-hydrogen) atoms. The number of anilines is 1. The van der Waals surface area contributed by atoms with Crippen LogP contribution in [0.1, 0.15) is 5.56 Å². The van der Waals surface area contributed by atoms with E-state index in [0.717, 1.165) is 37.8 Å². The van der Waals surface area contributed by atoms with Gasteiger partial charge in [0.25, 0.3) is 0 Å². The van der Waals surface area contributed by atoms with Crippen LogP contribution in [0, 0.1) is 6.92 Å². The Hall–Kier alpha value is -0.620. The Morgan fingerprint density at radius 2 is 1.86 bits per heavy atom. The maximum atomic E-state index is 12.3. The van der Waals surface area contributed by atoms with Crippen LogP contribution in [0.15, 0.2) is 24.3 Å². The smallest absolute Gasteiger partial charge is 0.240 e. The number of benzene rings is 1. The molecule has 2 fully saturated rings. The number of hydrogen-bond acceptors (Lipinski definition) is 4. The summed E-state index contributed by atoms with van der Waals surface area (Å²) in [5, 5.41) is 3.26. The van der Waals surface area contributed by atoms with Crippen molar-refractivity contribution in [2.75, 3.05) is 42.7 Å². The van der Waals surface area contributed by atoms with Crippen molar-refractivity contribution >= 4 is 48.2 Å². The summed E-state index contributed by atoms with van der Waals surface area (Å²) in [5.74, 6) is 2.09. The minimum absolute atomic E-state index is 0. The zero-order valence-electron chi connectivity index (χ0n) is 12.7. The lowest BCUT2D eigenvalue weighted by Gasteiger charge is -2.37. The van der Waals surface area contributed by atoms with Gasteiger partial charge in [-0.05, 0) is 18.6 Å². The molecule has 1 amide bonds. The number of amides is 1. The van der Waals surface area contributed by atoms with Crippen LogP contribution in [0.25, 0.3) is 0 Å². The SMILES string of the molecule is Cc1ccccc1N1CCN(C(=O)C2CSCN2)CC1.Cl.Cl. The van der Waals surface area contributed by atoms with Gasteiger partial charge in [-0.1, -0.05) is 18.2 Å². The van der Waals surface area contributed by atoms with E-state index >= 15 is 0 Å². The fourth-order valence-corrected chi connectivity index (χ4v) is 3.79. The Kier molecular flexibility index (Phi) is 7.83. The van der Waals surface area contributed by atoms with Crippen molar-refractivity contribution in [2.24, 2.45) is 0 Å². The highest BCUT2D eigenvalue weighted by molar-refractivity contribution is 7.99. The summed E-state index contributed by atoms with van der Waals surface area (Å²) in [6.45, 7) is 5.66. The van der Waals surface area contributed by atoms with Gasteiger partial charge >= 0.3 is 0 Å². The standard InChI is InChI=1S/C15H21N3OS.2ClH/c1-12-4-2-3-5-14(12)17-6-8-18(9-7-17)15(19)13-10-20-11-16-13;;/h2-5,13,16H,6-11H2,1H3;2*1H. The van der Waals surface area contributed by atoms with Gasteiger partial charge in [-0.15, -0.1) is 36.6 Å². The predicted octanol–water partition coefficient (Wildman–Crippen LogP) is 2.15. The Labute approximate surface area is 148 Å². The van der Waals surface area contributed by atoms with Crippen LogP contribution >= 0.6 is 36.6 Å². The molecule has 0 aromatic heterocycles. The van der Waals surface area contributed by atoms with Crippen LogP contribution in [0.2, 0.25) is 0 Å². The summed E-state index contributed by atoms with van der Waals surface area (Å²) in [7, 11) is 0. The fraction of sp³-hybridized carbons (Fsp3) is 0.533. The Morgan fingerprint density at radius 1 is 1.18 bits per heavy atom. The van der Waals surface area contributed by atoms with Gasteiger partial charge in [-0.2, -0.15) is 0 Å². The molecule has 2 aliphatic heterocycles. The van der Waals surface area contributed by atoms with Crippen molar-refractivity contribution in [3.8, 4) is 0 Å². The molecule has 4 nitrogen and oxygen atoms in total. The third-order valence-electron chi connectivity index (χ3n) is 4.06. The zero-order chi connectivity index (χ0) is 13.9. The summed E-state index contributed by atoms with van der Waals surface area (Å²) in [6.07, 6.45) is 0. The van der Waals surface area contributed by atoms with Gasteiger partial charge in [0.2, 0.25) is 5.91 Å². The fourth-order valence-electron chi connectivity index (χ4n) is 2.86. The largest absolute Gasteiger partial charge is 0.368 e. The Balaban J connectivity index is 0.00000121. The first-order valence-electron chi connectivity index (χ1n) is 7.16. The van der Waals surface area contributed by atoms with E-state index in [1.807, 2.05) is 4.90 Å². The highest BCUT2D eigenvalue weighted by Crippen LogP contribution is 2.21. The lowest BCUT2D eigenvalue weighted by Crippen LogP contribution is -2.53. The summed E-state index contributed by atoms with van der Waals surface area (Å²) < 4.78 is 0. The molecule has 124 valence electrons. The summed E-state index contributed by atoms with van der Waals surface area (Å²) in [6, 6.07) is 8.50. The quantitative estimate of drug-likeness (QED) is 0.872. The Bertz CT molecular complexity index is 489. The van der Waals surface area contributed by atoms with E-state index in [1.165, 1.54) is 11.3 Å². The van der Waals surface area contributed by atoms with Gasteiger partial charge < -0.3 is 9.80 Å². The highest BCUT2D eigenvalue weighted by atomic mass is 35.5. The molecule has 1 aromatic carbocycles. The number of aryl methyl sites for hydroxylation is 1. The number of rotatable bonds is 2. The minimum atomic E-state index is 0. The van der Waals surface area contributed by atoms with E-state index in [1.54, 1.807) is 11.8 Å². The molecule has 2 saturated heterocycles. The van der Waals surface area contributed by atoms with Gasteiger partial charge in [-0.25, -0.2) is 0 Å². The number of para-hydroxylation sites is 1. The monoisotopic (exact) mass is 363 g/mol. The van der Waals surface area contributed by atoms with Crippen molar-refractivity contribution in [3.63, 3.8) is 0 Å². The van der Waals surface area contributed by atoms with Crippen LogP contribution in [0.3, 0.4) is 0 Å². The average Bonchev–Trinajstić information content (AvgIpc) is 3.01. The molecule has 1 unspecified atom stereocenters. The van der Waals surface area contributed by atoms with E-state index < -0.39 is 0 Å². The minimum Gasteiger partial charge on any atom is -0.368 e. The third-order valence-corrected chi connectivity index (χ3v) is 5.00. The lowest BCUT2D eigenvalue weighted by molar-refractivity contribution is -0.132. The number of halogens is 2. The molecule has 2 heterocycles. The van der Waals surface area contributed by atoms with E-state index in [9.17, 15) is 4.79 Å². The zero-order valence-corrected chi connectivity index (χ0v) is 15.1. The molecule has 0 saturated carbocycles. The first-order valence-corrected chi connectivity index (χ1v) is 8.31. The molecule has 1 N–H and O–H groups in total. The number of nitrogens with zero attached hydrogens (tertiary/aromatic N) is 2. The van der Waals surface area contributed by atoms with Crippen LogP contribution < -0.4 is 10.2 Å². The molecule has 1 atom stereocenters. The van der Waals surface area contributed by atoms with Crippen LogP contribution in [-0.4, -0.2) is 54.7 Å². The van der Waals surface area contributed by atoms with Crippen molar-refractivity contribution in [2.45, 2.75) is 13.0 Å². The predicted molar refractivity (Wildman–Crippen MR) is 98.7 cm³/mol. The third kappa shape index (κ3) is 4.22. The van der Waals surface area contributed by atoms with Gasteiger partial charge in [0.05, 0.1) is 6.04 Å². The summed E-state index contributed by atoms with van der Waals surface area (Å²) in [5.41, 5.74) is 2.61. The number of carbonyl (C=O) groups is 1. The number of carbonyl (C=O) groups excluding carboxylic acids is 1. The van der Waals surface area contributed by atoms with E-state index in [4.69, 9.17) is 0 Å². The topological polar surface area (TPSA) is 35.6 Å². The Morgan fingerprint density at radius 3 is 2.45 bits per heavy atom. The maximum Gasteiger partial charge on any atom is 0.240 e. The maximum absolute atomic E-state index is 12.3. The van der Waals surface area contributed by atoms with Crippen molar-refractivity contribution < 1.29 is 4.79 Å². The molecule has 1 aromatic rings. The number of thioether (sulfide) groups is 1. The van der Waals surface area contributed by atoms with Crippen LogP contribution in [0.5, 0.6) is 0 Å². The van der Waals surface area contributed by atoms with Gasteiger partial charge in [0, 0.05) is 43.5 Å². The first kappa shape index (κ1) is 19.4. The van der Waals surface area contributed by atoms with Crippen molar-refractivity contribution in [3.05, 3.63) is 29.8 Å².